The lowest BCUT2D eigenvalue weighted by atomic mass is 10.1. The molecule has 2 rings (SSSR count). The molecule has 0 aliphatic rings. The van der Waals surface area contributed by atoms with Crippen molar-refractivity contribution in [3.63, 3.8) is 0 Å². The maximum atomic E-state index is 12.2. The van der Waals surface area contributed by atoms with Crippen LogP contribution in [0, 0.1) is 0 Å². The van der Waals surface area contributed by atoms with E-state index in [1.165, 1.54) is 20.3 Å². The highest BCUT2D eigenvalue weighted by atomic mass is 32.2. The van der Waals surface area contributed by atoms with Crippen LogP contribution in [0.4, 0.5) is 0 Å². The number of aromatic amines is 1. The lowest BCUT2D eigenvalue weighted by Crippen LogP contribution is -2.34. The molecule has 0 aliphatic heterocycles. The van der Waals surface area contributed by atoms with E-state index in [1.807, 2.05) is 0 Å². The SMILES string of the molecule is CN(C)S(=O)(=O)CCNC(=O)c1c[nH]c(=O)c2ccccc12. The quantitative estimate of drug-likeness (QED) is 0.818. The van der Waals surface area contributed by atoms with Crippen molar-refractivity contribution in [1.82, 2.24) is 14.6 Å². The molecule has 0 saturated carbocycles. The molecule has 0 aliphatic carbocycles. The Morgan fingerprint density at radius 1 is 1.23 bits per heavy atom. The highest BCUT2D eigenvalue weighted by Gasteiger charge is 2.15. The number of hydrogen-bond acceptors (Lipinski definition) is 4. The molecule has 0 spiro atoms. The van der Waals surface area contributed by atoms with E-state index in [4.69, 9.17) is 0 Å². The van der Waals surface area contributed by atoms with Crippen LogP contribution in [0.25, 0.3) is 10.8 Å². The first kappa shape index (κ1) is 16.2. The standard InChI is InChI=1S/C14H17N3O4S/c1-17(2)22(20,21)8-7-15-14(19)12-9-16-13(18)11-6-4-3-5-10(11)12/h3-6,9H,7-8H2,1-2H3,(H,15,19)(H,16,18). The minimum absolute atomic E-state index is 0.00714. The van der Waals surface area contributed by atoms with E-state index in [1.54, 1.807) is 24.3 Å². The number of benzene rings is 1. The summed E-state index contributed by atoms with van der Waals surface area (Å²) >= 11 is 0. The minimum Gasteiger partial charge on any atom is -0.351 e. The molecule has 0 radical (unpaired) electrons. The van der Waals surface area contributed by atoms with Crippen LogP contribution in [0.5, 0.6) is 0 Å². The fraction of sp³-hybridized carbons (Fsp3) is 0.286. The average molecular weight is 323 g/mol. The second-order valence-electron chi connectivity index (χ2n) is 4.93. The number of H-pyrrole nitrogens is 1. The van der Waals surface area contributed by atoms with Crippen molar-refractivity contribution in [3.8, 4) is 0 Å². The largest absolute Gasteiger partial charge is 0.351 e. The lowest BCUT2D eigenvalue weighted by Gasteiger charge is -2.12. The Morgan fingerprint density at radius 3 is 2.50 bits per heavy atom. The molecular weight excluding hydrogens is 306 g/mol. The summed E-state index contributed by atoms with van der Waals surface area (Å²) in [4.78, 5) is 26.4. The summed E-state index contributed by atoms with van der Waals surface area (Å²) < 4.78 is 24.4. The van der Waals surface area contributed by atoms with Gasteiger partial charge >= 0.3 is 0 Å². The van der Waals surface area contributed by atoms with Gasteiger partial charge < -0.3 is 10.3 Å². The second kappa shape index (κ2) is 6.29. The number of amides is 1. The van der Waals surface area contributed by atoms with E-state index in [0.717, 1.165) is 4.31 Å². The van der Waals surface area contributed by atoms with Crippen molar-refractivity contribution in [2.45, 2.75) is 0 Å². The summed E-state index contributed by atoms with van der Waals surface area (Å²) in [6, 6.07) is 6.75. The van der Waals surface area contributed by atoms with Crippen LogP contribution in [0.15, 0.2) is 35.3 Å². The number of nitrogens with zero attached hydrogens (tertiary/aromatic N) is 1. The van der Waals surface area contributed by atoms with Crippen LogP contribution in [0.2, 0.25) is 0 Å². The zero-order valence-corrected chi connectivity index (χ0v) is 13.1. The van der Waals surface area contributed by atoms with Gasteiger partial charge in [0, 0.05) is 37.6 Å². The summed E-state index contributed by atoms with van der Waals surface area (Å²) in [6.07, 6.45) is 1.33. The molecule has 0 fully saturated rings. The van der Waals surface area contributed by atoms with Crippen LogP contribution < -0.4 is 10.9 Å². The van der Waals surface area contributed by atoms with E-state index in [0.29, 0.717) is 16.3 Å². The molecule has 1 heterocycles. The van der Waals surface area contributed by atoms with Crippen LogP contribution in [0.3, 0.4) is 0 Å². The van der Waals surface area contributed by atoms with E-state index in [2.05, 4.69) is 10.3 Å². The van der Waals surface area contributed by atoms with Crippen molar-refractivity contribution in [2.75, 3.05) is 26.4 Å². The smallest absolute Gasteiger partial charge is 0.255 e. The van der Waals surface area contributed by atoms with E-state index in [-0.39, 0.29) is 17.9 Å². The third-order valence-electron chi connectivity index (χ3n) is 3.26. The summed E-state index contributed by atoms with van der Waals surface area (Å²) in [5.74, 6) is -0.617. The van der Waals surface area contributed by atoms with Crippen molar-refractivity contribution < 1.29 is 13.2 Å². The van der Waals surface area contributed by atoms with Gasteiger partial charge in [0.2, 0.25) is 10.0 Å². The average Bonchev–Trinajstić information content (AvgIpc) is 2.47. The van der Waals surface area contributed by atoms with Crippen LogP contribution in [-0.4, -0.2) is 50.0 Å². The third-order valence-corrected chi connectivity index (χ3v) is 5.09. The van der Waals surface area contributed by atoms with E-state index < -0.39 is 15.9 Å². The lowest BCUT2D eigenvalue weighted by molar-refractivity contribution is 0.0957. The van der Waals surface area contributed by atoms with Crippen molar-refractivity contribution in [3.05, 3.63) is 46.4 Å². The van der Waals surface area contributed by atoms with Crippen LogP contribution in [-0.2, 0) is 10.0 Å². The van der Waals surface area contributed by atoms with Gasteiger partial charge in [-0.05, 0) is 6.07 Å². The van der Waals surface area contributed by atoms with Crippen LogP contribution >= 0.6 is 0 Å². The van der Waals surface area contributed by atoms with Gasteiger partial charge in [0.15, 0.2) is 0 Å². The van der Waals surface area contributed by atoms with Gasteiger partial charge in [-0.15, -0.1) is 0 Å². The molecule has 8 heteroatoms. The fourth-order valence-corrected chi connectivity index (χ4v) is 2.69. The maximum absolute atomic E-state index is 12.2. The summed E-state index contributed by atoms with van der Waals surface area (Å²) in [5, 5.41) is 3.49. The Bertz CT molecular complexity index is 856. The molecule has 0 bridgehead atoms. The maximum Gasteiger partial charge on any atom is 0.255 e. The number of sulfonamides is 1. The number of carbonyl (C=O) groups excluding carboxylic acids is 1. The number of hydrogen-bond donors (Lipinski definition) is 2. The minimum atomic E-state index is -3.36. The zero-order valence-electron chi connectivity index (χ0n) is 12.3. The molecule has 1 aromatic heterocycles. The summed E-state index contributed by atoms with van der Waals surface area (Å²) in [7, 11) is -0.490. The van der Waals surface area contributed by atoms with Gasteiger partial charge in [-0.3, -0.25) is 9.59 Å². The van der Waals surface area contributed by atoms with Gasteiger partial charge in [-0.2, -0.15) is 0 Å². The van der Waals surface area contributed by atoms with Gasteiger partial charge in [0.05, 0.1) is 11.3 Å². The molecule has 1 amide bonds. The first-order valence-electron chi connectivity index (χ1n) is 6.62. The Kier molecular flexibility index (Phi) is 4.62. The zero-order chi connectivity index (χ0) is 16.3. The second-order valence-corrected chi connectivity index (χ2v) is 7.23. The van der Waals surface area contributed by atoms with Crippen molar-refractivity contribution in [1.29, 1.82) is 0 Å². The van der Waals surface area contributed by atoms with Crippen molar-refractivity contribution >= 4 is 26.7 Å². The van der Waals surface area contributed by atoms with E-state index in [9.17, 15) is 18.0 Å². The predicted molar refractivity (Wildman–Crippen MR) is 84.4 cm³/mol. The molecule has 0 saturated heterocycles. The molecule has 7 nitrogen and oxygen atoms in total. The first-order valence-corrected chi connectivity index (χ1v) is 8.22. The van der Waals surface area contributed by atoms with Gasteiger partial charge in [0.1, 0.15) is 0 Å². The Labute approximate surface area is 128 Å². The molecular formula is C14H17N3O4S. The predicted octanol–water partition coefficient (Wildman–Crippen LogP) is 0.149. The topological polar surface area (TPSA) is 99.3 Å². The highest BCUT2D eigenvalue weighted by molar-refractivity contribution is 7.89. The number of rotatable bonds is 5. The summed E-state index contributed by atoms with van der Waals surface area (Å²) in [5.41, 5.74) is 0.0276. The summed E-state index contributed by atoms with van der Waals surface area (Å²) in [6.45, 7) is -0.00714. The number of nitrogens with one attached hydrogen (secondary N) is 2. The number of aromatic nitrogens is 1. The molecule has 0 unspecified atom stereocenters. The Balaban J connectivity index is 2.18. The number of carbonyl (C=O) groups is 1. The fourth-order valence-electron chi connectivity index (χ4n) is 1.97. The molecule has 22 heavy (non-hydrogen) atoms. The Hall–Kier alpha value is -2.19. The van der Waals surface area contributed by atoms with Gasteiger partial charge in [-0.1, -0.05) is 18.2 Å². The number of fused-ring (bicyclic) bond motifs is 1. The third kappa shape index (κ3) is 3.34. The monoisotopic (exact) mass is 323 g/mol. The van der Waals surface area contributed by atoms with Gasteiger partial charge in [-0.25, -0.2) is 12.7 Å². The van der Waals surface area contributed by atoms with Crippen molar-refractivity contribution in [2.24, 2.45) is 0 Å². The molecule has 2 aromatic rings. The first-order chi connectivity index (χ1) is 10.3. The molecule has 2 N–H and O–H groups in total. The number of pyridine rings is 1. The molecule has 0 atom stereocenters. The van der Waals surface area contributed by atoms with Gasteiger partial charge in [0.25, 0.3) is 11.5 Å². The molecule has 1 aromatic carbocycles. The normalized spacial score (nSPS) is 11.8. The highest BCUT2D eigenvalue weighted by Crippen LogP contribution is 2.13. The Morgan fingerprint density at radius 2 is 1.86 bits per heavy atom. The molecule has 118 valence electrons. The van der Waals surface area contributed by atoms with E-state index >= 15 is 0 Å². The van der Waals surface area contributed by atoms with Crippen LogP contribution in [0.1, 0.15) is 10.4 Å².